The van der Waals surface area contributed by atoms with Crippen LogP contribution in [0.3, 0.4) is 0 Å². The monoisotopic (exact) mass is 558 g/mol. The van der Waals surface area contributed by atoms with Crippen LogP contribution in [-0.4, -0.2) is 30.2 Å². The highest BCUT2D eigenvalue weighted by atomic mass is 35.5. The van der Waals surface area contributed by atoms with Crippen LogP contribution < -0.4 is 20.5 Å². The molecule has 1 aromatic heterocycles. The molecule has 0 fully saturated rings. The molecule has 2 heterocycles. The first-order chi connectivity index (χ1) is 17.8. The lowest BCUT2D eigenvalue weighted by atomic mass is 9.83. The van der Waals surface area contributed by atoms with Crippen molar-refractivity contribution in [2.75, 3.05) is 13.7 Å². The number of ether oxygens (including phenoxy) is 2. The van der Waals surface area contributed by atoms with Gasteiger partial charge in [-0.15, -0.1) is 11.3 Å². The largest absolute Gasteiger partial charge is 0.466 e. The van der Waals surface area contributed by atoms with Crippen molar-refractivity contribution in [1.29, 1.82) is 0 Å². The van der Waals surface area contributed by atoms with E-state index in [1.165, 1.54) is 7.11 Å². The van der Waals surface area contributed by atoms with E-state index in [9.17, 15) is 14.4 Å². The standard InChI is InChI=1S/C27H24Cl2N2O5S/c1-3-4-13-36-27(34)21-20(16-10-6-8-12-18(16)29)22(26(33)35-2)25-31(23(21)30)24(32)19(37-25)14-15-9-5-7-11-17(15)28/h5-12,14,20H,3-4,13,30H2,1-2H3/b19-14-/t20-/m1/s1. The average molecular weight is 559 g/mol. The number of rotatable bonds is 7. The highest BCUT2D eigenvalue weighted by molar-refractivity contribution is 7.07. The van der Waals surface area contributed by atoms with Crippen LogP contribution in [0.1, 0.15) is 36.8 Å². The van der Waals surface area contributed by atoms with Gasteiger partial charge in [-0.1, -0.05) is 72.9 Å². The predicted octanol–water partition coefficient (Wildman–Crippen LogP) is 3.64. The van der Waals surface area contributed by atoms with Crippen LogP contribution in [0, 0.1) is 0 Å². The third-order valence-corrected chi connectivity index (χ3v) is 7.71. The molecule has 0 bridgehead atoms. The van der Waals surface area contributed by atoms with Crippen molar-refractivity contribution in [3.63, 3.8) is 0 Å². The molecule has 192 valence electrons. The number of unbranched alkanes of at least 4 members (excludes halogenated alkanes) is 1. The van der Waals surface area contributed by atoms with Crippen molar-refractivity contribution in [2.45, 2.75) is 25.7 Å². The van der Waals surface area contributed by atoms with Gasteiger partial charge in [0, 0.05) is 10.0 Å². The molecule has 0 saturated carbocycles. The maximum absolute atomic E-state index is 13.6. The first-order valence-corrected chi connectivity index (χ1v) is 13.1. The van der Waals surface area contributed by atoms with Gasteiger partial charge >= 0.3 is 11.9 Å². The molecule has 0 aliphatic carbocycles. The van der Waals surface area contributed by atoms with Crippen LogP contribution in [0.25, 0.3) is 17.5 Å². The van der Waals surface area contributed by atoms with Gasteiger partial charge in [-0.25, -0.2) is 9.59 Å². The SMILES string of the molecule is CCCCOC(=O)C1=C(N)n2c(s/c(=C\c3ccccc3Cl)c2=O)=C(C(=O)OC)[C@@H]1c1ccccc1Cl. The summed E-state index contributed by atoms with van der Waals surface area (Å²) in [5.41, 5.74) is 7.09. The van der Waals surface area contributed by atoms with E-state index < -0.39 is 23.4 Å². The lowest BCUT2D eigenvalue weighted by molar-refractivity contribution is -0.139. The zero-order valence-electron chi connectivity index (χ0n) is 20.1. The first-order valence-electron chi connectivity index (χ1n) is 11.5. The van der Waals surface area contributed by atoms with Gasteiger partial charge in [0.05, 0.1) is 35.3 Å². The van der Waals surface area contributed by atoms with E-state index in [0.717, 1.165) is 22.3 Å². The quantitative estimate of drug-likeness (QED) is 0.351. The molecule has 4 rings (SSSR count). The van der Waals surface area contributed by atoms with Crippen molar-refractivity contribution in [3.8, 4) is 0 Å². The van der Waals surface area contributed by atoms with Crippen LogP contribution in [0.2, 0.25) is 10.0 Å². The maximum Gasteiger partial charge on any atom is 0.338 e. The highest BCUT2D eigenvalue weighted by Crippen LogP contribution is 2.40. The number of methoxy groups -OCH3 is 1. The second kappa shape index (κ2) is 11.4. The number of aromatic nitrogens is 1. The summed E-state index contributed by atoms with van der Waals surface area (Å²) in [6, 6.07) is 13.8. The molecule has 0 amide bonds. The molecule has 10 heteroatoms. The van der Waals surface area contributed by atoms with Crippen LogP contribution in [0.15, 0.2) is 58.9 Å². The van der Waals surface area contributed by atoms with Crippen LogP contribution in [-0.2, 0) is 19.1 Å². The molecule has 0 spiro atoms. The maximum atomic E-state index is 13.6. The molecule has 1 atom stereocenters. The molecule has 1 aliphatic heterocycles. The van der Waals surface area contributed by atoms with Gasteiger partial charge in [0.1, 0.15) is 10.5 Å². The summed E-state index contributed by atoms with van der Waals surface area (Å²) in [5, 5.41) is 0.767. The number of hydrogen-bond acceptors (Lipinski definition) is 7. The lowest BCUT2D eigenvalue weighted by Crippen LogP contribution is -2.42. The Morgan fingerprint density at radius 2 is 1.73 bits per heavy atom. The van der Waals surface area contributed by atoms with Crippen molar-refractivity contribution >= 4 is 63.9 Å². The average Bonchev–Trinajstić information content (AvgIpc) is 3.21. The van der Waals surface area contributed by atoms with Gasteiger partial charge in [-0.05, 0) is 35.8 Å². The second-order valence-electron chi connectivity index (χ2n) is 8.23. The van der Waals surface area contributed by atoms with Gasteiger partial charge < -0.3 is 15.2 Å². The Kier molecular flexibility index (Phi) is 8.22. The third kappa shape index (κ3) is 5.09. The van der Waals surface area contributed by atoms with Crippen LogP contribution in [0.5, 0.6) is 0 Å². The zero-order valence-corrected chi connectivity index (χ0v) is 22.5. The number of carbonyl (C=O) groups is 2. The number of thiazole rings is 1. The van der Waals surface area contributed by atoms with E-state index in [1.807, 2.05) is 6.92 Å². The smallest absolute Gasteiger partial charge is 0.338 e. The fraction of sp³-hybridized carbons (Fsp3) is 0.222. The van der Waals surface area contributed by atoms with Gasteiger partial charge in [0.2, 0.25) is 0 Å². The van der Waals surface area contributed by atoms with Crippen molar-refractivity contribution in [1.82, 2.24) is 4.57 Å². The zero-order chi connectivity index (χ0) is 26.7. The molecule has 0 radical (unpaired) electrons. The molecule has 37 heavy (non-hydrogen) atoms. The molecule has 2 aromatic carbocycles. The van der Waals surface area contributed by atoms with E-state index in [4.69, 9.17) is 38.4 Å². The number of nitrogens with two attached hydrogens (primary N) is 1. The summed E-state index contributed by atoms with van der Waals surface area (Å²) in [6.07, 6.45) is 3.07. The number of hydrogen-bond donors (Lipinski definition) is 1. The molecule has 0 unspecified atom stereocenters. The number of halogens is 2. The minimum atomic E-state index is -1.01. The number of nitrogens with zero attached hydrogens (tertiary/aromatic N) is 1. The predicted molar refractivity (Wildman–Crippen MR) is 146 cm³/mol. The molecular weight excluding hydrogens is 535 g/mol. The summed E-state index contributed by atoms with van der Waals surface area (Å²) in [5.74, 6) is -2.61. The van der Waals surface area contributed by atoms with Crippen molar-refractivity contribution < 1.29 is 19.1 Å². The van der Waals surface area contributed by atoms with Crippen LogP contribution in [0.4, 0.5) is 0 Å². The van der Waals surface area contributed by atoms with E-state index in [1.54, 1.807) is 54.6 Å². The first kappa shape index (κ1) is 26.7. The minimum Gasteiger partial charge on any atom is -0.466 e. The lowest BCUT2D eigenvalue weighted by Gasteiger charge is -2.27. The molecule has 3 aromatic rings. The van der Waals surface area contributed by atoms with E-state index in [0.29, 0.717) is 27.6 Å². The van der Waals surface area contributed by atoms with Crippen LogP contribution >= 0.6 is 34.5 Å². The summed E-state index contributed by atoms with van der Waals surface area (Å²) in [7, 11) is 1.23. The second-order valence-corrected chi connectivity index (χ2v) is 10.1. The van der Waals surface area contributed by atoms with E-state index in [2.05, 4.69) is 0 Å². The molecule has 7 nitrogen and oxygen atoms in total. The fourth-order valence-corrected chi connectivity index (χ4v) is 5.69. The van der Waals surface area contributed by atoms with Gasteiger partial charge in [0.15, 0.2) is 0 Å². The Morgan fingerprint density at radius 3 is 2.38 bits per heavy atom. The Balaban J connectivity index is 2.09. The summed E-state index contributed by atoms with van der Waals surface area (Å²) in [6.45, 7) is 2.12. The Bertz CT molecular complexity index is 1590. The topological polar surface area (TPSA) is 101 Å². The Hall–Kier alpha value is -3.33. The number of fused-ring (bicyclic) bond motifs is 1. The summed E-state index contributed by atoms with van der Waals surface area (Å²) >= 11 is 13.9. The number of benzene rings is 2. The van der Waals surface area contributed by atoms with Crippen molar-refractivity contribution in [2.24, 2.45) is 5.73 Å². The third-order valence-electron chi connectivity index (χ3n) is 5.91. The van der Waals surface area contributed by atoms with Gasteiger partial charge in [-0.2, -0.15) is 0 Å². The molecular formula is C27H24Cl2N2O5S. The Labute approximate surface area is 227 Å². The summed E-state index contributed by atoms with van der Waals surface area (Å²) in [4.78, 5) is 40.2. The van der Waals surface area contributed by atoms with E-state index in [-0.39, 0.29) is 32.8 Å². The van der Waals surface area contributed by atoms with E-state index >= 15 is 0 Å². The molecule has 0 saturated heterocycles. The number of esters is 2. The molecule has 1 aliphatic rings. The normalized spacial score (nSPS) is 15.5. The Morgan fingerprint density at radius 1 is 1.05 bits per heavy atom. The summed E-state index contributed by atoms with van der Waals surface area (Å²) < 4.78 is 12.3. The highest BCUT2D eigenvalue weighted by Gasteiger charge is 2.40. The fourth-order valence-electron chi connectivity index (χ4n) is 4.10. The molecule has 2 N–H and O–H groups in total. The minimum absolute atomic E-state index is 0.0544. The van der Waals surface area contributed by atoms with Gasteiger partial charge in [-0.3, -0.25) is 9.36 Å². The van der Waals surface area contributed by atoms with Crippen molar-refractivity contribution in [3.05, 3.63) is 94.8 Å². The number of carbonyl (C=O) groups excluding carboxylic acids is 2. The van der Waals surface area contributed by atoms with Gasteiger partial charge in [0.25, 0.3) is 5.56 Å².